The molecule has 0 aliphatic heterocycles. The van der Waals surface area contributed by atoms with Crippen molar-refractivity contribution in [1.82, 2.24) is 9.71 Å². The standard InChI is InChI=1S/C6H11N3O/c1-5(2)10-9-3-6(7)8-4-9/h3-5H,7H2,1-2H3. The fourth-order valence-electron chi connectivity index (χ4n) is 0.622. The van der Waals surface area contributed by atoms with Gasteiger partial charge in [-0.3, -0.25) is 0 Å². The Morgan fingerprint density at radius 2 is 2.40 bits per heavy atom. The van der Waals surface area contributed by atoms with Gasteiger partial charge < -0.3 is 10.6 Å². The van der Waals surface area contributed by atoms with Crippen molar-refractivity contribution in [2.24, 2.45) is 0 Å². The van der Waals surface area contributed by atoms with Crippen LogP contribution in [0.1, 0.15) is 13.8 Å². The fraction of sp³-hybridized carbons (Fsp3) is 0.500. The van der Waals surface area contributed by atoms with Gasteiger partial charge in [0.05, 0.1) is 6.20 Å². The number of hydrogen-bond donors (Lipinski definition) is 1. The Labute approximate surface area is 59.6 Å². The molecule has 1 rings (SSSR count). The molecule has 0 spiro atoms. The van der Waals surface area contributed by atoms with Crippen LogP contribution in [0.4, 0.5) is 5.82 Å². The zero-order valence-electron chi connectivity index (χ0n) is 6.11. The van der Waals surface area contributed by atoms with E-state index in [2.05, 4.69) is 4.98 Å². The molecular formula is C6H11N3O. The minimum atomic E-state index is 0.147. The minimum Gasteiger partial charge on any atom is -0.410 e. The average molecular weight is 141 g/mol. The van der Waals surface area contributed by atoms with Crippen LogP contribution < -0.4 is 10.6 Å². The lowest BCUT2D eigenvalue weighted by Gasteiger charge is -2.07. The first-order valence-corrected chi connectivity index (χ1v) is 3.15. The number of imidazole rings is 1. The van der Waals surface area contributed by atoms with Gasteiger partial charge in [-0.15, -0.1) is 0 Å². The summed E-state index contributed by atoms with van der Waals surface area (Å²) in [5, 5.41) is 0. The Balaban J connectivity index is 2.58. The van der Waals surface area contributed by atoms with E-state index in [-0.39, 0.29) is 6.10 Å². The van der Waals surface area contributed by atoms with E-state index >= 15 is 0 Å². The smallest absolute Gasteiger partial charge is 0.145 e. The van der Waals surface area contributed by atoms with Crippen molar-refractivity contribution in [3.05, 3.63) is 12.5 Å². The predicted molar refractivity (Wildman–Crippen MR) is 38.4 cm³/mol. The highest BCUT2D eigenvalue weighted by Crippen LogP contribution is 1.94. The Kier molecular flexibility index (Phi) is 1.80. The highest BCUT2D eigenvalue weighted by molar-refractivity contribution is 5.21. The van der Waals surface area contributed by atoms with Crippen LogP contribution in [0.3, 0.4) is 0 Å². The second-order valence-electron chi connectivity index (χ2n) is 2.31. The van der Waals surface area contributed by atoms with E-state index in [1.54, 1.807) is 6.20 Å². The summed E-state index contributed by atoms with van der Waals surface area (Å²) in [6.07, 6.45) is 3.31. The van der Waals surface area contributed by atoms with E-state index < -0.39 is 0 Å². The van der Waals surface area contributed by atoms with Gasteiger partial charge in [-0.05, 0) is 13.8 Å². The van der Waals surface area contributed by atoms with Crippen LogP contribution in [0, 0.1) is 0 Å². The largest absolute Gasteiger partial charge is 0.410 e. The van der Waals surface area contributed by atoms with Crippen molar-refractivity contribution < 1.29 is 4.84 Å². The molecule has 0 fully saturated rings. The first kappa shape index (κ1) is 6.92. The number of hydrogen-bond acceptors (Lipinski definition) is 3. The van der Waals surface area contributed by atoms with Crippen LogP contribution in [0.25, 0.3) is 0 Å². The molecule has 0 saturated heterocycles. The van der Waals surface area contributed by atoms with Gasteiger partial charge in [0.25, 0.3) is 0 Å². The van der Waals surface area contributed by atoms with Crippen molar-refractivity contribution in [3.63, 3.8) is 0 Å². The summed E-state index contributed by atoms with van der Waals surface area (Å²) >= 11 is 0. The molecule has 0 amide bonds. The number of nitrogen functional groups attached to an aromatic ring is 1. The number of nitrogens with two attached hydrogens (primary N) is 1. The molecule has 0 radical (unpaired) electrons. The van der Waals surface area contributed by atoms with Crippen LogP contribution in [0.15, 0.2) is 12.5 Å². The maximum absolute atomic E-state index is 5.34. The summed E-state index contributed by atoms with van der Waals surface area (Å²) in [7, 11) is 0. The van der Waals surface area contributed by atoms with Crippen molar-refractivity contribution in [3.8, 4) is 0 Å². The van der Waals surface area contributed by atoms with Gasteiger partial charge in [-0.2, -0.15) is 4.73 Å². The van der Waals surface area contributed by atoms with Gasteiger partial charge in [-0.1, -0.05) is 0 Å². The second-order valence-corrected chi connectivity index (χ2v) is 2.31. The molecule has 1 aromatic rings. The molecule has 1 aromatic heterocycles. The summed E-state index contributed by atoms with van der Waals surface area (Å²) in [5.41, 5.74) is 5.34. The number of anilines is 1. The van der Waals surface area contributed by atoms with Crippen molar-refractivity contribution in [2.45, 2.75) is 20.0 Å². The number of aromatic nitrogens is 2. The second kappa shape index (κ2) is 2.60. The van der Waals surface area contributed by atoms with Gasteiger partial charge in [0.1, 0.15) is 18.2 Å². The number of nitrogens with zero attached hydrogens (tertiary/aromatic N) is 2. The molecule has 0 aliphatic carbocycles. The molecule has 0 bridgehead atoms. The zero-order valence-corrected chi connectivity index (χ0v) is 6.11. The lowest BCUT2D eigenvalue weighted by molar-refractivity contribution is 0.0596. The molecule has 0 atom stereocenters. The third-order valence-electron chi connectivity index (χ3n) is 0.913. The Morgan fingerprint density at radius 3 is 2.80 bits per heavy atom. The predicted octanol–water partition coefficient (Wildman–Crippen LogP) is 0.302. The Hall–Kier alpha value is -1.19. The molecular weight excluding hydrogens is 130 g/mol. The molecule has 0 saturated carbocycles. The maximum Gasteiger partial charge on any atom is 0.145 e. The first-order chi connectivity index (χ1) is 4.68. The molecule has 4 heteroatoms. The zero-order chi connectivity index (χ0) is 7.56. The summed E-state index contributed by atoms with van der Waals surface area (Å²) in [5.74, 6) is 0.473. The monoisotopic (exact) mass is 141 g/mol. The van der Waals surface area contributed by atoms with Crippen LogP contribution in [0.2, 0.25) is 0 Å². The topological polar surface area (TPSA) is 53.1 Å². The lowest BCUT2D eigenvalue weighted by Crippen LogP contribution is -2.17. The molecule has 10 heavy (non-hydrogen) atoms. The van der Waals surface area contributed by atoms with E-state index in [1.165, 1.54) is 11.1 Å². The average Bonchev–Trinajstić information content (AvgIpc) is 2.13. The molecule has 0 unspecified atom stereocenters. The van der Waals surface area contributed by atoms with E-state index in [0.29, 0.717) is 5.82 Å². The first-order valence-electron chi connectivity index (χ1n) is 3.15. The molecule has 4 nitrogen and oxygen atoms in total. The summed E-state index contributed by atoms with van der Waals surface area (Å²) < 4.78 is 1.50. The van der Waals surface area contributed by atoms with Crippen molar-refractivity contribution in [2.75, 3.05) is 5.73 Å². The molecule has 0 aliphatic rings. The van der Waals surface area contributed by atoms with E-state index in [4.69, 9.17) is 10.6 Å². The van der Waals surface area contributed by atoms with Gasteiger partial charge in [0.15, 0.2) is 0 Å². The Morgan fingerprint density at radius 1 is 1.70 bits per heavy atom. The van der Waals surface area contributed by atoms with E-state index in [9.17, 15) is 0 Å². The third-order valence-corrected chi connectivity index (χ3v) is 0.913. The maximum atomic E-state index is 5.34. The highest BCUT2D eigenvalue weighted by atomic mass is 16.7. The summed E-state index contributed by atoms with van der Waals surface area (Å²) in [6, 6.07) is 0. The fourth-order valence-corrected chi connectivity index (χ4v) is 0.622. The third kappa shape index (κ3) is 1.65. The van der Waals surface area contributed by atoms with Crippen LogP contribution in [0.5, 0.6) is 0 Å². The number of rotatable bonds is 2. The summed E-state index contributed by atoms with van der Waals surface area (Å²) in [4.78, 5) is 8.99. The normalized spacial score (nSPS) is 10.3. The quantitative estimate of drug-likeness (QED) is 0.644. The van der Waals surface area contributed by atoms with E-state index in [0.717, 1.165) is 0 Å². The van der Waals surface area contributed by atoms with Crippen LogP contribution in [-0.4, -0.2) is 15.8 Å². The van der Waals surface area contributed by atoms with Gasteiger partial charge in [0.2, 0.25) is 0 Å². The van der Waals surface area contributed by atoms with Gasteiger partial charge in [-0.25, -0.2) is 4.98 Å². The molecule has 2 N–H and O–H groups in total. The minimum absolute atomic E-state index is 0.147. The SMILES string of the molecule is CC(C)On1cnc(N)c1. The highest BCUT2D eigenvalue weighted by Gasteiger charge is 1.95. The van der Waals surface area contributed by atoms with Gasteiger partial charge >= 0.3 is 0 Å². The van der Waals surface area contributed by atoms with Crippen molar-refractivity contribution >= 4 is 5.82 Å². The molecule has 56 valence electrons. The van der Waals surface area contributed by atoms with Crippen molar-refractivity contribution in [1.29, 1.82) is 0 Å². The lowest BCUT2D eigenvalue weighted by atomic mass is 10.5. The van der Waals surface area contributed by atoms with Gasteiger partial charge in [0, 0.05) is 0 Å². The molecule has 0 aromatic carbocycles. The van der Waals surface area contributed by atoms with E-state index in [1.807, 2.05) is 13.8 Å². The Bertz CT molecular complexity index is 207. The molecule has 1 heterocycles. The van der Waals surface area contributed by atoms with Crippen LogP contribution in [-0.2, 0) is 0 Å². The summed E-state index contributed by atoms with van der Waals surface area (Å²) in [6.45, 7) is 3.88. The van der Waals surface area contributed by atoms with Crippen LogP contribution >= 0.6 is 0 Å².